The van der Waals surface area contributed by atoms with Crippen LogP contribution in [0, 0.1) is 0 Å². The third kappa shape index (κ3) is 2.22. The molecule has 0 bridgehead atoms. The molecular formula is C18H16N2O3S. The minimum Gasteiger partial charge on any atom is -0.348 e. The molecular weight excluding hydrogens is 324 g/mol. The van der Waals surface area contributed by atoms with E-state index >= 15 is 0 Å². The van der Waals surface area contributed by atoms with Gasteiger partial charge in [-0.2, -0.15) is 0 Å². The van der Waals surface area contributed by atoms with E-state index in [-0.39, 0.29) is 10.8 Å². The maximum Gasteiger partial charge on any atom is 0.265 e. The first-order chi connectivity index (χ1) is 11.6. The van der Waals surface area contributed by atoms with Gasteiger partial charge in [0.05, 0.1) is 10.6 Å². The first-order valence-electron chi connectivity index (χ1n) is 7.76. The van der Waals surface area contributed by atoms with Gasteiger partial charge in [-0.25, -0.2) is 8.42 Å². The van der Waals surface area contributed by atoms with Crippen LogP contribution in [-0.4, -0.2) is 25.2 Å². The summed E-state index contributed by atoms with van der Waals surface area (Å²) in [4.78, 5) is 12.9. The Morgan fingerprint density at radius 3 is 2.54 bits per heavy atom. The summed E-state index contributed by atoms with van der Waals surface area (Å²) < 4.78 is 26.5. The van der Waals surface area contributed by atoms with E-state index in [2.05, 4.69) is 5.32 Å². The van der Waals surface area contributed by atoms with Gasteiger partial charge in [-0.3, -0.25) is 9.10 Å². The predicted octanol–water partition coefficient (Wildman–Crippen LogP) is 2.12. The van der Waals surface area contributed by atoms with Crippen LogP contribution in [0.5, 0.6) is 0 Å². The standard InChI is InChI=1S/C18H16N2O3S/c21-18(19-12-13-6-2-1-3-7-13)15-10-11-20-17(15)14-8-4-5-9-16(14)24(20,22)23/h1-9H,10-12H2,(H,19,21). The summed E-state index contributed by atoms with van der Waals surface area (Å²) in [5, 5.41) is 2.89. The zero-order valence-electron chi connectivity index (χ0n) is 12.9. The summed E-state index contributed by atoms with van der Waals surface area (Å²) in [6, 6.07) is 16.5. The molecule has 2 heterocycles. The molecule has 1 N–H and O–H groups in total. The van der Waals surface area contributed by atoms with Crippen molar-refractivity contribution in [3.05, 3.63) is 71.3 Å². The number of nitrogens with zero attached hydrogens (tertiary/aromatic N) is 1. The number of hydrogen-bond acceptors (Lipinski definition) is 3. The number of rotatable bonds is 3. The third-order valence-electron chi connectivity index (χ3n) is 4.38. The van der Waals surface area contributed by atoms with E-state index in [4.69, 9.17) is 0 Å². The number of carbonyl (C=O) groups excluding carboxylic acids is 1. The summed E-state index contributed by atoms with van der Waals surface area (Å²) in [6.07, 6.45) is 0.434. The van der Waals surface area contributed by atoms with Crippen molar-refractivity contribution in [2.75, 3.05) is 6.54 Å². The molecule has 0 aliphatic carbocycles. The predicted molar refractivity (Wildman–Crippen MR) is 90.2 cm³/mol. The first kappa shape index (κ1) is 15.0. The van der Waals surface area contributed by atoms with Crippen molar-refractivity contribution in [3.8, 4) is 0 Å². The van der Waals surface area contributed by atoms with Gasteiger partial charge in [0.2, 0.25) is 5.91 Å². The lowest BCUT2D eigenvalue weighted by molar-refractivity contribution is -0.117. The number of carbonyl (C=O) groups is 1. The Hall–Kier alpha value is -2.60. The van der Waals surface area contributed by atoms with Crippen LogP contribution in [-0.2, 0) is 21.4 Å². The zero-order valence-corrected chi connectivity index (χ0v) is 13.7. The highest BCUT2D eigenvalue weighted by Gasteiger charge is 2.43. The van der Waals surface area contributed by atoms with Crippen molar-refractivity contribution >= 4 is 21.6 Å². The maximum atomic E-state index is 12.6. The van der Waals surface area contributed by atoms with Gasteiger partial charge in [0.1, 0.15) is 0 Å². The summed E-state index contributed by atoms with van der Waals surface area (Å²) >= 11 is 0. The van der Waals surface area contributed by atoms with Crippen LogP contribution >= 0.6 is 0 Å². The van der Waals surface area contributed by atoms with Gasteiger partial charge in [-0.05, 0) is 18.1 Å². The number of hydrogen-bond donors (Lipinski definition) is 1. The van der Waals surface area contributed by atoms with E-state index in [9.17, 15) is 13.2 Å². The number of amides is 1. The largest absolute Gasteiger partial charge is 0.348 e. The summed E-state index contributed by atoms with van der Waals surface area (Å²) in [7, 11) is -3.52. The first-order valence-corrected chi connectivity index (χ1v) is 9.20. The lowest BCUT2D eigenvalue weighted by Crippen LogP contribution is -2.24. The number of nitrogens with one attached hydrogen (secondary N) is 1. The van der Waals surface area contributed by atoms with Crippen molar-refractivity contribution in [3.63, 3.8) is 0 Å². The van der Waals surface area contributed by atoms with E-state index in [1.165, 1.54) is 4.31 Å². The zero-order chi connectivity index (χ0) is 16.7. The molecule has 0 saturated carbocycles. The molecule has 0 radical (unpaired) electrons. The smallest absolute Gasteiger partial charge is 0.265 e. The van der Waals surface area contributed by atoms with E-state index in [0.29, 0.717) is 36.3 Å². The Balaban J connectivity index is 1.67. The Bertz CT molecular complexity index is 949. The van der Waals surface area contributed by atoms with Crippen LogP contribution in [0.15, 0.2) is 65.1 Å². The van der Waals surface area contributed by atoms with Gasteiger partial charge >= 0.3 is 0 Å². The van der Waals surface area contributed by atoms with Crippen molar-refractivity contribution in [2.24, 2.45) is 0 Å². The Labute approximate surface area is 140 Å². The van der Waals surface area contributed by atoms with Crippen molar-refractivity contribution in [1.82, 2.24) is 9.62 Å². The molecule has 0 saturated heterocycles. The summed E-state index contributed by atoms with van der Waals surface area (Å²) in [6.45, 7) is 0.741. The van der Waals surface area contributed by atoms with Gasteiger partial charge in [0.15, 0.2) is 0 Å². The molecule has 0 aromatic heterocycles. The quantitative estimate of drug-likeness (QED) is 0.931. The third-order valence-corrected chi connectivity index (χ3v) is 6.24. The molecule has 1 amide bonds. The minimum atomic E-state index is -3.52. The second-order valence-electron chi connectivity index (χ2n) is 5.82. The molecule has 24 heavy (non-hydrogen) atoms. The van der Waals surface area contributed by atoms with Gasteiger partial charge in [0.25, 0.3) is 10.0 Å². The monoisotopic (exact) mass is 340 g/mol. The molecule has 4 rings (SSSR count). The summed E-state index contributed by atoms with van der Waals surface area (Å²) in [5.41, 5.74) is 2.71. The molecule has 2 aromatic carbocycles. The molecule has 6 heteroatoms. The van der Waals surface area contributed by atoms with Crippen LogP contribution in [0.25, 0.3) is 5.70 Å². The van der Waals surface area contributed by atoms with E-state index < -0.39 is 10.0 Å². The van der Waals surface area contributed by atoms with Crippen LogP contribution in [0.1, 0.15) is 17.5 Å². The maximum absolute atomic E-state index is 12.6. The van der Waals surface area contributed by atoms with Gasteiger partial charge < -0.3 is 5.32 Å². The fraction of sp³-hybridized carbons (Fsp3) is 0.167. The summed E-state index contributed by atoms with van der Waals surface area (Å²) in [5.74, 6) is -0.205. The van der Waals surface area contributed by atoms with Crippen LogP contribution in [0.3, 0.4) is 0 Å². The highest BCUT2D eigenvalue weighted by molar-refractivity contribution is 7.90. The number of benzene rings is 2. The highest BCUT2D eigenvalue weighted by atomic mass is 32.2. The Morgan fingerprint density at radius 1 is 1.04 bits per heavy atom. The Morgan fingerprint density at radius 2 is 1.75 bits per heavy atom. The molecule has 5 nitrogen and oxygen atoms in total. The van der Waals surface area contributed by atoms with E-state index in [1.807, 2.05) is 30.3 Å². The van der Waals surface area contributed by atoms with E-state index in [1.54, 1.807) is 24.3 Å². The average molecular weight is 340 g/mol. The molecule has 122 valence electrons. The highest BCUT2D eigenvalue weighted by Crippen LogP contribution is 2.44. The lowest BCUT2D eigenvalue weighted by Gasteiger charge is -2.12. The van der Waals surface area contributed by atoms with Crippen LogP contribution < -0.4 is 5.32 Å². The topological polar surface area (TPSA) is 66.5 Å². The van der Waals surface area contributed by atoms with E-state index in [0.717, 1.165) is 5.56 Å². The second-order valence-corrected chi connectivity index (χ2v) is 7.65. The average Bonchev–Trinajstić information content (AvgIpc) is 3.14. The minimum absolute atomic E-state index is 0.205. The fourth-order valence-corrected chi connectivity index (χ4v) is 4.95. The molecule has 0 atom stereocenters. The lowest BCUT2D eigenvalue weighted by atomic mass is 10.1. The Kier molecular flexibility index (Phi) is 3.42. The molecule has 0 unspecified atom stereocenters. The molecule has 2 aliphatic heterocycles. The SMILES string of the molecule is O=C(NCc1ccccc1)C1=C2c3ccccc3S(=O)(=O)N2CC1. The molecule has 0 spiro atoms. The van der Waals surface area contributed by atoms with Gasteiger partial charge in [-0.1, -0.05) is 48.5 Å². The normalized spacial score (nSPS) is 17.6. The van der Waals surface area contributed by atoms with Crippen molar-refractivity contribution in [2.45, 2.75) is 17.9 Å². The second kappa shape index (κ2) is 5.49. The van der Waals surface area contributed by atoms with Gasteiger partial charge in [0, 0.05) is 24.2 Å². The molecule has 2 aromatic rings. The molecule has 0 fully saturated rings. The van der Waals surface area contributed by atoms with Gasteiger partial charge in [-0.15, -0.1) is 0 Å². The van der Waals surface area contributed by atoms with Crippen molar-refractivity contribution < 1.29 is 13.2 Å². The van der Waals surface area contributed by atoms with Crippen LogP contribution in [0.2, 0.25) is 0 Å². The number of sulfonamides is 1. The molecule has 2 aliphatic rings. The van der Waals surface area contributed by atoms with Crippen LogP contribution in [0.4, 0.5) is 0 Å². The number of fused-ring (bicyclic) bond motifs is 3. The fourth-order valence-electron chi connectivity index (χ4n) is 3.24. The van der Waals surface area contributed by atoms with Crippen molar-refractivity contribution in [1.29, 1.82) is 0 Å².